The number of para-hydroxylation sites is 1. The van der Waals surface area contributed by atoms with Gasteiger partial charge in [-0.1, -0.05) is 48.5 Å². The van der Waals surface area contributed by atoms with E-state index in [9.17, 15) is 4.79 Å². The molecule has 0 saturated carbocycles. The summed E-state index contributed by atoms with van der Waals surface area (Å²) in [5.74, 6) is -0.112. The fourth-order valence-electron chi connectivity index (χ4n) is 2.34. The van der Waals surface area contributed by atoms with Crippen LogP contribution >= 0.6 is 0 Å². The Kier molecular flexibility index (Phi) is 3.74. The van der Waals surface area contributed by atoms with Crippen molar-refractivity contribution < 1.29 is 4.79 Å². The van der Waals surface area contributed by atoms with Gasteiger partial charge in [-0.25, -0.2) is 0 Å². The Balaban J connectivity index is 2.09. The molecule has 0 N–H and O–H groups in total. The van der Waals surface area contributed by atoms with Crippen LogP contribution < -0.4 is 5.01 Å². The molecule has 0 aliphatic carbocycles. The smallest absolute Gasteiger partial charge is 0.282 e. The van der Waals surface area contributed by atoms with Crippen LogP contribution in [0.25, 0.3) is 0 Å². The fraction of sp³-hybridized carbons (Fsp3) is 0.111. The Morgan fingerprint density at radius 3 is 2.14 bits per heavy atom. The first kappa shape index (κ1) is 14.1. The minimum Gasteiger partial charge on any atom is -0.383 e. The van der Waals surface area contributed by atoms with Crippen LogP contribution in [0.15, 0.2) is 77.5 Å². The second kappa shape index (κ2) is 5.85. The monoisotopic (exact) mass is 291 g/mol. The molecule has 0 atom stereocenters. The molecule has 0 aromatic heterocycles. The molecule has 0 spiro atoms. The molecule has 2 aromatic carbocycles. The van der Waals surface area contributed by atoms with Crippen LogP contribution in [0.2, 0.25) is 0 Å². The van der Waals surface area contributed by atoms with Crippen LogP contribution in [0.3, 0.4) is 0 Å². The number of amides is 1. The molecule has 0 unspecified atom stereocenters. The predicted octanol–water partition coefficient (Wildman–Crippen LogP) is 2.88. The lowest BCUT2D eigenvalue weighted by molar-refractivity contribution is -0.114. The van der Waals surface area contributed by atoms with Gasteiger partial charge in [-0.15, -0.1) is 0 Å². The van der Waals surface area contributed by atoms with Crippen molar-refractivity contribution in [1.82, 2.24) is 4.90 Å². The van der Waals surface area contributed by atoms with Gasteiger partial charge in [0, 0.05) is 25.9 Å². The van der Waals surface area contributed by atoms with Crippen molar-refractivity contribution in [3.63, 3.8) is 0 Å². The van der Waals surface area contributed by atoms with Gasteiger partial charge in [0.05, 0.1) is 11.3 Å². The van der Waals surface area contributed by atoms with E-state index in [-0.39, 0.29) is 5.91 Å². The fourth-order valence-corrected chi connectivity index (χ4v) is 2.34. The maximum atomic E-state index is 12.7. The molecule has 4 heteroatoms. The lowest BCUT2D eigenvalue weighted by atomic mass is 10.0. The molecule has 1 aliphatic rings. The van der Waals surface area contributed by atoms with E-state index in [0.717, 1.165) is 11.3 Å². The van der Waals surface area contributed by atoms with Crippen molar-refractivity contribution in [2.45, 2.75) is 0 Å². The number of benzene rings is 2. The number of rotatable bonds is 3. The number of anilines is 1. The molecule has 1 amide bonds. The summed E-state index contributed by atoms with van der Waals surface area (Å²) in [7, 11) is 3.79. The SMILES string of the molecule is CN(C)C=C1C(=O)N(c2ccccc2)N=C1c1ccccc1. The highest BCUT2D eigenvalue weighted by molar-refractivity contribution is 6.35. The second-order valence-electron chi connectivity index (χ2n) is 5.27. The number of carbonyl (C=O) groups excluding carboxylic acids is 1. The molecule has 1 heterocycles. The molecule has 4 nitrogen and oxygen atoms in total. The molecule has 1 aliphatic heterocycles. The predicted molar refractivity (Wildman–Crippen MR) is 88.7 cm³/mol. The molecule has 0 fully saturated rings. The Morgan fingerprint density at radius 2 is 1.55 bits per heavy atom. The summed E-state index contributed by atoms with van der Waals surface area (Å²) < 4.78 is 0. The highest BCUT2D eigenvalue weighted by Gasteiger charge is 2.32. The minimum absolute atomic E-state index is 0.112. The summed E-state index contributed by atoms with van der Waals surface area (Å²) in [4.78, 5) is 14.6. The van der Waals surface area contributed by atoms with Gasteiger partial charge in [0.15, 0.2) is 0 Å². The van der Waals surface area contributed by atoms with Crippen molar-refractivity contribution in [2.24, 2.45) is 5.10 Å². The third-order valence-corrected chi connectivity index (χ3v) is 3.31. The Labute approximate surface area is 130 Å². The van der Waals surface area contributed by atoms with E-state index in [1.165, 1.54) is 5.01 Å². The molecule has 0 saturated heterocycles. The van der Waals surface area contributed by atoms with E-state index in [1.54, 1.807) is 0 Å². The van der Waals surface area contributed by atoms with Crippen LogP contribution in [-0.4, -0.2) is 30.6 Å². The van der Waals surface area contributed by atoms with E-state index >= 15 is 0 Å². The van der Waals surface area contributed by atoms with E-state index < -0.39 is 0 Å². The highest BCUT2D eigenvalue weighted by atomic mass is 16.2. The van der Waals surface area contributed by atoms with Gasteiger partial charge >= 0.3 is 0 Å². The number of hydrogen-bond acceptors (Lipinski definition) is 3. The van der Waals surface area contributed by atoms with Crippen molar-refractivity contribution in [1.29, 1.82) is 0 Å². The van der Waals surface area contributed by atoms with Crippen LogP contribution in [-0.2, 0) is 4.79 Å². The van der Waals surface area contributed by atoms with Crippen LogP contribution in [0.5, 0.6) is 0 Å². The van der Waals surface area contributed by atoms with Gasteiger partial charge in [-0.05, 0) is 12.1 Å². The van der Waals surface area contributed by atoms with Crippen LogP contribution in [0, 0.1) is 0 Å². The lowest BCUT2D eigenvalue weighted by Crippen LogP contribution is -2.22. The van der Waals surface area contributed by atoms with Crippen molar-refractivity contribution >= 4 is 17.3 Å². The first-order chi connectivity index (χ1) is 10.7. The largest absolute Gasteiger partial charge is 0.383 e. The molecule has 0 radical (unpaired) electrons. The molecule has 22 heavy (non-hydrogen) atoms. The Hall–Kier alpha value is -2.88. The Bertz CT molecular complexity index is 733. The van der Waals surface area contributed by atoms with Gasteiger partial charge in [0.2, 0.25) is 0 Å². The van der Waals surface area contributed by atoms with Gasteiger partial charge in [-0.3, -0.25) is 4.79 Å². The number of hydrazone groups is 1. The molecular weight excluding hydrogens is 274 g/mol. The third kappa shape index (κ3) is 2.63. The van der Waals surface area contributed by atoms with Crippen molar-refractivity contribution in [3.05, 3.63) is 78.0 Å². The number of carbonyl (C=O) groups is 1. The molecule has 2 aromatic rings. The molecular formula is C18H17N3O. The maximum absolute atomic E-state index is 12.7. The standard InChI is InChI=1S/C18H17N3O/c1-20(2)13-16-17(14-9-5-3-6-10-14)19-21(18(16)22)15-11-7-4-8-12-15/h3-13H,1-2H3. The summed E-state index contributed by atoms with van der Waals surface area (Å²) in [5.41, 5.74) is 2.99. The molecule has 110 valence electrons. The summed E-state index contributed by atoms with van der Waals surface area (Å²) in [6.45, 7) is 0. The van der Waals surface area contributed by atoms with Crippen LogP contribution in [0.1, 0.15) is 5.56 Å². The van der Waals surface area contributed by atoms with Gasteiger partial charge in [0.1, 0.15) is 5.71 Å². The summed E-state index contributed by atoms with van der Waals surface area (Å²) >= 11 is 0. The second-order valence-corrected chi connectivity index (χ2v) is 5.27. The average Bonchev–Trinajstić information content (AvgIpc) is 2.86. The highest BCUT2D eigenvalue weighted by Crippen LogP contribution is 2.26. The van der Waals surface area contributed by atoms with E-state index in [0.29, 0.717) is 11.3 Å². The zero-order valence-electron chi connectivity index (χ0n) is 12.6. The normalized spacial score (nSPS) is 16.1. The number of nitrogens with zero attached hydrogens (tertiary/aromatic N) is 3. The van der Waals surface area contributed by atoms with Gasteiger partial charge in [-0.2, -0.15) is 10.1 Å². The maximum Gasteiger partial charge on any atom is 0.282 e. The zero-order valence-corrected chi connectivity index (χ0v) is 12.6. The third-order valence-electron chi connectivity index (χ3n) is 3.31. The topological polar surface area (TPSA) is 35.9 Å². The van der Waals surface area contributed by atoms with E-state index in [4.69, 9.17) is 0 Å². The summed E-state index contributed by atoms with van der Waals surface area (Å²) in [5, 5.41) is 6.01. The molecule has 0 bridgehead atoms. The van der Waals surface area contributed by atoms with Crippen molar-refractivity contribution in [3.8, 4) is 0 Å². The number of hydrogen-bond donors (Lipinski definition) is 0. The summed E-state index contributed by atoms with van der Waals surface area (Å²) in [6, 6.07) is 19.2. The van der Waals surface area contributed by atoms with Crippen LogP contribution in [0.4, 0.5) is 5.69 Å². The van der Waals surface area contributed by atoms with Gasteiger partial charge < -0.3 is 4.90 Å². The summed E-state index contributed by atoms with van der Waals surface area (Å²) in [6.07, 6.45) is 1.82. The van der Waals surface area contributed by atoms with E-state index in [1.807, 2.05) is 85.9 Å². The van der Waals surface area contributed by atoms with Crippen molar-refractivity contribution in [2.75, 3.05) is 19.1 Å². The van der Waals surface area contributed by atoms with E-state index in [2.05, 4.69) is 5.10 Å². The first-order valence-corrected chi connectivity index (χ1v) is 7.09. The Morgan fingerprint density at radius 1 is 0.955 bits per heavy atom. The lowest BCUT2D eigenvalue weighted by Gasteiger charge is -2.11. The van der Waals surface area contributed by atoms with Gasteiger partial charge in [0.25, 0.3) is 5.91 Å². The minimum atomic E-state index is -0.112. The zero-order chi connectivity index (χ0) is 15.5. The first-order valence-electron chi connectivity index (χ1n) is 7.09. The molecule has 3 rings (SSSR count). The average molecular weight is 291 g/mol. The quantitative estimate of drug-likeness (QED) is 0.815.